The van der Waals surface area contributed by atoms with Crippen molar-refractivity contribution in [1.29, 1.82) is 0 Å². The van der Waals surface area contributed by atoms with E-state index in [1.807, 2.05) is 13.0 Å². The number of rotatable bonds is 7. The van der Waals surface area contributed by atoms with Crippen molar-refractivity contribution in [3.05, 3.63) is 29.6 Å². The Hall–Kier alpha value is -0.930. The molecular weight excluding hydrogens is 222 g/mol. The zero-order valence-corrected chi connectivity index (χ0v) is 12.2. The van der Waals surface area contributed by atoms with Gasteiger partial charge in [0.15, 0.2) is 0 Å². The molecule has 1 unspecified atom stereocenters. The molecule has 0 saturated carbocycles. The van der Waals surface area contributed by atoms with Gasteiger partial charge in [-0.3, -0.25) is 9.88 Å². The van der Waals surface area contributed by atoms with E-state index in [0.717, 1.165) is 37.3 Å². The highest BCUT2D eigenvalue weighted by Gasteiger charge is 2.28. The highest BCUT2D eigenvalue weighted by Crippen LogP contribution is 2.20. The van der Waals surface area contributed by atoms with E-state index in [4.69, 9.17) is 5.73 Å². The highest BCUT2D eigenvalue weighted by molar-refractivity contribution is 5.10. The van der Waals surface area contributed by atoms with Crippen molar-refractivity contribution in [3.63, 3.8) is 0 Å². The number of nitrogens with two attached hydrogens (primary N) is 1. The summed E-state index contributed by atoms with van der Waals surface area (Å²) in [5.41, 5.74) is 8.26. The topological polar surface area (TPSA) is 42.2 Å². The summed E-state index contributed by atoms with van der Waals surface area (Å²) in [6, 6.07) is 6.21. The fraction of sp³-hybridized carbons (Fsp3) is 0.667. The van der Waals surface area contributed by atoms with E-state index >= 15 is 0 Å². The molecule has 0 aliphatic carbocycles. The number of hydrogen-bond acceptors (Lipinski definition) is 3. The predicted molar refractivity (Wildman–Crippen MR) is 77.4 cm³/mol. The lowest BCUT2D eigenvalue weighted by Crippen LogP contribution is -2.51. The van der Waals surface area contributed by atoms with Crippen LogP contribution in [0.15, 0.2) is 18.2 Å². The van der Waals surface area contributed by atoms with Crippen LogP contribution < -0.4 is 5.73 Å². The Morgan fingerprint density at radius 1 is 1.33 bits per heavy atom. The van der Waals surface area contributed by atoms with Gasteiger partial charge in [-0.1, -0.05) is 19.9 Å². The van der Waals surface area contributed by atoms with Crippen LogP contribution in [0.1, 0.15) is 45.0 Å². The molecule has 3 nitrogen and oxygen atoms in total. The molecule has 0 aliphatic rings. The van der Waals surface area contributed by atoms with E-state index in [-0.39, 0.29) is 5.54 Å². The van der Waals surface area contributed by atoms with E-state index in [1.165, 1.54) is 0 Å². The van der Waals surface area contributed by atoms with Crippen molar-refractivity contribution in [3.8, 4) is 0 Å². The van der Waals surface area contributed by atoms with Crippen molar-refractivity contribution >= 4 is 0 Å². The molecule has 0 spiro atoms. The molecule has 1 aromatic rings. The van der Waals surface area contributed by atoms with Gasteiger partial charge in [-0.15, -0.1) is 0 Å². The molecule has 2 N–H and O–H groups in total. The van der Waals surface area contributed by atoms with Gasteiger partial charge in [0, 0.05) is 24.3 Å². The Morgan fingerprint density at radius 2 is 2.06 bits per heavy atom. The van der Waals surface area contributed by atoms with Crippen LogP contribution in [0.2, 0.25) is 0 Å². The van der Waals surface area contributed by atoms with Gasteiger partial charge >= 0.3 is 0 Å². The Morgan fingerprint density at radius 3 is 2.56 bits per heavy atom. The van der Waals surface area contributed by atoms with Gasteiger partial charge in [0.1, 0.15) is 0 Å². The summed E-state index contributed by atoms with van der Waals surface area (Å²) >= 11 is 0. The van der Waals surface area contributed by atoms with Gasteiger partial charge in [0.25, 0.3) is 0 Å². The Balaban J connectivity index is 2.86. The molecule has 0 amide bonds. The third-order valence-electron chi connectivity index (χ3n) is 3.76. The lowest BCUT2D eigenvalue weighted by molar-refractivity contribution is 0.0958. The summed E-state index contributed by atoms with van der Waals surface area (Å²) < 4.78 is 0. The van der Waals surface area contributed by atoms with E-state index in [0.29, 0.717) is 6.54 Å². The summed E-state index contributed by atoms with van der Waals surface area (Å²) in [6.07, 6.45) is 2.21. The maximum atomic E-state index is 5.97. The van der Waals surface area contributed by atoms with Crippen LogP contribution in [0.4, 0.5) is 0 Å². The second-order valence-electron chi connectivity index (χ2n) is 5.25. The monoisotopic (exact) mass is 249 g/mol. The Kier molecular flexibility index (Phi) is 5.76. The predicted octanol–water partition coefficient (Wildman–Crippen LogP) is 2.73. The molecule has 18 heavy (non-hydrogen) atoms. The van der Waals surface area contributed by atoms with Gasteiger partial charge < -0.3 is 5.73 Å². The smallest absolute Gasteiger partial charge is 0.0547 e. The third kappa shape index (κ3) is 3.79. The van der Waals surface area contributed by atoms with Crippen LogP contribution in [0.25, 0.3) is 0 Å². The number of aryl methyl sites for hydroxylation is 1. The first-order valence-corrected chi connectivity index (χ1v) is 6.93. The van der Waals surface area contributed by atoms with Crippen LogP contribution in [0, 0.1) is 6.92 Å². The minimum Gasteiger partial charge on any atom is -0.329 e. The summed E-state index contributed by atoms with van der Waals surface area (Å²) in [5, 5.41) is 0. The highest BCUT2D eigenvalue weighted by atomic mass is 15.2. The van der Waals surface area contributed by atoms with Gasteiger partial charge in [0.05, 0.1) is 5.69 Å². The molecule has 102 valence electrons. The van der Waals surface area contributed by atoms with Crippen LogP contribution in [0.3, 0.4) is 0 Å². The molecule has 0 radical (unpaired) electrons. The molecular formula is C15H27N3. The summed E-state index contributed by atoms with van der Waals surface area (Å²) in [7, 11) is 0. The van der Waals surface area contributed by atoms with Crippen molar-refractivity contribution in [2.24, 2.45) is 5.73 Å². The average Bonchev–Trinajstić information content (AvgIpc) is 2.37. The zero-order valence-electron chi connectivity index (χ0n) is 12.2. The number of hydrogen-bond donors (Lipinski definition) is 1. The number of pyridine rings is 1. The maximum Gasteiger partial charge on any atom is 0.0547 e. The van der Waals surface area contributed by atoms with E-state index in [1.54, 1.807) is 0 Å². The first-order chi connectivity index (χ1) is 8.55. The minimum atomic E-state index is 0.0709. The Labute approximate surface area is 111 Å². The second kappa shape index (κ2) is 6.86. The molecule has 3 heteroatoms. The summed E-state index contributed by atoms with van der Waals surface area (Å²) in [4.78, 5) is 7.06. The molecule has 1 aromatic heterocycles. The molecule has 1 rings (SSSR count). The third-order valence-corrected chi connectivity index (χ3v) is 3.76. The van der Waals surface area contributed by atoms with Crippen LogP contribution in [-0.2, 0) is 6.54 Å². The van der Waals surface area contributed by atoms with Crippen molar-refractivity contribution < 1.29 is 0 Å². The zero-order chi connectivity index (χ0) is 13.6. The lowest BCUT2D eigenvalue weighted by Gasteiger charge is -2.40. The average molecular weight is 249 g/mol. The molecule has 0 saturated heterocycles. The summed E-state index contributed by atoms with van der Waals surface area (Å²) in [5.74, 6) is 0. The Bertz CT molecular complexity index is 359. The van der Waals surface area contributed by atoms with Gasteiger partial charge in [-0.25, -0.2) is 0 Å². The fourth-order valence-corrected chi connectivity index (χ4v) is 2.19. The van der Waals surface area contributed by atoms with Gasteiger partial charge in [-0.05, 0) is 45.4 Å². The maximum absolute atomic E-state index is 5.97. The van der Waals surface area contributed by atoms with Crippen molar-refractivity contribution in [2.75, 3.05) is 13.1 Å². The van der Waals surface area contributed by atoms with E-state index in [2.05, 4.69) is 42.8 Å². The van der Waals surface area contributed by atoms with Crippen molar-refractivity contribution in [2.45, 2.75) is 52.6 Å². The second-order valence-corrected chi connectivity index (χ2v) is 5.25. The van der Waals surface area contributed by atoms with E-state index < -0.39 is 0 Å². The van der Waals surface area contributed by atoms with Crippen LogP contribution >= 0.6 is 0 Å². The standard InChI is InChI=1S/C15H27N3/c1-5-10-18(15(4,6-2)12-16)11-14-9-7-8-13(3)17-14/h7-9H,5-6,10-12,16H2,1-4H3. The summed E-state index contributed by atoms with van der Waals surface area (Å²) in [6.45, 7) is 11.3. The normalized spacial score (nSPS) is 14.8. The van der Waals surface area contributed by atoms with Crippen molar-refractivity contribution in [1.82, 2.24) is 9.88 Å². The fourth-order valence-electron chi connectivity index (χ4n) is 2.19. The molecule has 1 atom stereocenters. The first-order valence-electron chi connectivity index (χ1n) is 6.93. The largest absolute Gasteiger partial charge is 0.329 e. The van der Waals surface area contributed by atoms with Crippen LogP contribution in [0.5, 0.6) is 0 Å². The van der Waals surface area contributed by atoms with Gasteiger partial charge in [0.2, 0.25) is 0 Å². The molecule has 0 bridgehead atoms. The molecule has 0 aromatic carbocycles. The lowest BCUT2D eigenvalue weighted by atomic mass is 9.95. The minimum absolute atomic E-state index is 0.0709. The molecule has 0 aliphatic heterocycles. The molecule has 1 heterocycles. The molecule has 0 fully saturated rings. The van der Waals surface area contributed by atoms with Gasteiger partial charge in [-0.2, -0.15) is 0 Å². The SMILES string of the molecule is CCCN(Cc1cccc(C)n1)C(C)(CC)CN. The van der Waals surface area contributed by atoms with Crippen LogP contribution in [-0.4, -0.2) is 28.5 Å². The van der Waals surface area contributed by atoms with E-state index in [9.17, 15) is 0 Å². The quantitative estimate of drug-likeness (QED) is 0.808. The first kappa shape index (κ1) is 15.1. The number of aromatic nitrogens is 1. The number of nitrogens with zero attached hydrogens (tertiary/aromatic N) is 2.